The van der Waals surface area contributed by atoms with E-state index in [-0.39, 0.29) is 7.86 Å². The van der Waals surface area contributed by atoms with Crippen LogP contribution in [0, 0.1) is 0 Å². The molecule has 2 nitrogen and oxygen atoms in total. The van der Waals surface area contributed by atoms with Crippen LogP contribution >= 0.6 is 0 Å². The summed E-state index contributed by atoms with van der Waals surface area (Å²) in [7, 11) is 0. The number of allylic oxidation sites excluding steroid dienone is 4. The molecule has 0 fully saturated rings. The van der Waals surface area contributed by atoms with Crippen molar-refractivity contribution in [2.75, 3.05) is 0 Å². The number of nitrogens with one attached hydrogen (secondary N) is 2. The van der Waals surface area contributed by atoms with Crippen LogP contribution in [0.4, 0.5) is 0 Å². The van der Waals surface area contributed by atoms with Gasteiger partial charge in [0.2, 0.25) is 0 Å². The van der Waals surface area contributed by atoms with Crippen LogP contribution in [0.5, 0.6) is 0 Å². The Hall–Kier alpha value is -2.31. The Labute approximate surface area is 157 Å². The zero-order valence-corrected chi connectivity index (χ0v) is 16.0. The fourth-order valence-electron chi connectivity index (χ4n) is 2.99. The number of dihydropyridines is 2. The van der Waals surface area contributed by atoms with Crippen molar-refractivity contribution < 1.29 is 18.6 Å². The van der Waals surface area contributed by atoms with Gasteiger partial charge in [-0.05, 0) is 0 Å². The Bertz CT molecular complexity index is 767. The Morgan fingerprint density at radius 3 is 1.36 bits per heavy atom. The molecule has 3 heteroatoms. The van der Waals surface area contributed by atoms with Crippen LogP contribution in [-0.4, -0.2) is 0 Å². The van der Waals surface area contributed by atoms with Crippen molar-refractivity contribution in [3.8, 4) is 0 Å². The molecule has 0 aromatic heterocycles. The summed E-state index contributed by atoms with van der Waals surface area (Å²) in [6, 6.07) is 21.5. The Balaban J connectivity index is 1.80. The molecular weight excluding hydrogens is 487 g/mol. The average Bonchev–Trinajstić information content (AvgIpc) is 2.71. The zero-order chi connectivity index (χ0) is 17.0. The van der Waals surface area contributed by atoms with Gasteiger partial charge >= 0.3 is 158 Å². The third-order valence-electron chi connectivity index (χ3n) is 4.22. The Kier molecular flexibility index (Phi) is 4.46. The van der Waals surface area contributed by atoms with Crippen LogP contribution in [0.25, 0.3) is 0 Å². The first-order valence-corrected chi connectivity index (χ1v) is 10.6. The van der Waals surface area contributed by atoms with E-state index in [0.29, 0.717) is 0 Å². The van der Waals surface area contributed by atoms with Crippen LogP contribution in [0.3, 0.4) is 0 Å². The van der Waals surface area contributed by atoms with E-state index in [4.69, 9.17) is 0 Å². The van der Waals surface area contributed by atoms with Crippen molar-refractivity contribution in [2.24, 2.45) is 0 Å². The first-order valence-electron chi connectivity index (χ1n) is 8.29. The molecule has 0 spiro atoms. The number of rotatable bonds is 4. The molecule has 0 saturated carbocycles. The summed E-state index contributed by atoms with van der Waals surface area (Å²) in [5.41, 5.74) is 2.62. The van der Waals surface area contributed by atoms with Crippen LogP contribution in [-0.2, 0) is 26.4 Å². The van der Waals surface area contributed by atoms with E-state index in [1.165, 1.54) is 11.1 Å². The standard InChI is InChI=1S/2C11H10N.Pt/c2*1-2-6-10(7-3-1)11-8-4-5-9-12-11;/h2*1-9,12H;. The van der Waals surface area contributed by atoms with E-state index in [1.807, 2.05) is 0 Å². The van der Waals surface area contributed by atoms with Gasteiger partial charge in [-0.25, -0.2) is 0 Å². The Morgan fingerprint density at radius 2 is 1.00 bits per heavy atom. The summed E-state index contributed by atoms with van der Waals surface area (Å²) in [4.78, 5) is 0. The molecular formula is C22H20N2Pt. The molecule has 2 N–H and O–H groups in total. The van der Waals surface area contributed by atoms with Crippen LogP contribution in [0.15, 0.2) is 110 Å². The molecule has 2 atom stereocenters. The van der Waals surface area contributed by atoms with E-state index in [1.54, 1.807) is 0 Å². The molecule has 2 aliphatic heterocycles. The number of hydrogen-bond donors (Lipinski definition) is 2. The van der Waals surface area contributed by atoms with Gasteiger partial charge in [0.15, 0.2) is 0 Å². The maximum absolute atomic E-state index is 3.67. The number of benzene rings is 2. The van der Waals surface area contributed by atoms with Crippen molar-refractivity contribution in [2.45, 2.75) is 7.86 Å². The fraction of sp³-hybridized carbons (Fsp3) is 0.0909. The van der Waals surface area contributed by atoms with Gasteiger partial charge in [0, 0.05) is 0 Å². The summed E-state index contributed by atoms with van der Waals surface area (Å²) < 4.78 is -0.317. The quantitative estimate of drug-likeness (QED) is 0.651. The second kappa shape index (κ2) is 6.90. The van der Waals surface area contributed by atoms with Crippen molar-refractivity contribution in [3.63, 3.8) is 0 Å². The topological polar surface area (TPSA) is 24.1 Å². The summed E-state index contributed by atoms with van der Waals surface area (Å²) in [6.45, 7) is 0. The van der Waals surface area contributed by atoms with Gasteiger partial charge in [0.05, 0.1) is 0 Å². The molecule has 0 amide bonds. The molecule has 4 rings (SSSR count). The van der Waals surface area contributed by atoms with E-state index < -0.39 is 18.6 Å². The van der Waals surface area contributed by atoms with E-state index in [2.05, 4.69) is 120 Å². The Morgan fingerprint density at radius 1 is 0.560 bits per heavy atom. The third-order valence-corrected chi connectivity index (χ3v) is 8.73. The maximum atomic E-state index is 3.67. The van der Waals surface area contributed by atoms with E-state index in [9.17, 15) is 0 Å². The summed E-state index contributed by atoms with van der Waals surface area (Å²) >= 11 is -0.460. The summed E-state index contributed by atoms with van der Waals surface area (Å²) in [5.74, 6) is 0. The molecule has 2 aliphatic rings. The van der Waals surface area contributed by atoms with Gasteiger partial charge in [-0.3, -0.25) is 0 Å². The SMILES string of the molecule is C1=CN[C]([Pt][C]2(c3ccccc3)C=CC=CN2)(c2ccccc2)C=C1. The summed E-state index contributed by atoms with van der Waals surface area (Å²) in [6.07, 6.45) is 17.2. The first kappa shape index (κ1) is 16.2. The normalized spacial score (nSPS) is 27.0. The average molecular weight is 507 g/mol. The molecule has 0 aliphatic carbocycles. The molecule has 0 bridgehead atoms. The number of hydrogen-bond acceptors (Lipinski definition) is 2. The molecule has 25 heavy (non-hydrogen) atoms. The van der Waals surface area contributed by atoms with Gasteiger partial charge in [0.25, 0.3) is 0 Å². The van der Waals surface area contributed by atoms with Crippen LogP contribution in [0.2, 0.25) is 0 Å². The fourth-order valence-corrected chi connectivity index (χ4v) is 7.34. The zero-order valence-electron chi connectivity index (χ0n) is 13.7. The summed E-state index contributed by atoms with van der Waals surface area (Å²) in [5, 5.41) is 7.35. The van der Waals surface area contributed by atoms with Gasteiger partial charge in [-0.1, -0.05) is 0 Å². The first-order chi connectivity index (χ1) is 12.3. The second-order valence-electron chi connectivity index (χ2n) is 5.86. The van der Waals surface area contributed by atoms with E-state index in [0.717, 1.165) is 0 Å². The molecule has 128 valence electrons. The molecule has 2 aromatic carbocycles. The molecule has 2 unspecified atom stereocenters. The molecule has 0 saturated heterocycles. The second-order valence-corrected chi connectivity index (χ2v) is 10.0. The minimum atomic E-state index is -0.460. The van der Waals surface area contributed by atoms with Crippen molar-refractivity contribution in [1.82, 2.24) is 10.6 Å². The van der Waals surface area contributed by atoms with Gasteiger partial charge in [-0.15, -0.1) is 0 Å². The van der Waals surface area contributed by atoms with Crippen LogP contribution in [0.1, 0.15) is 11.1 Å². The van der Waals surface area contributed by atoms with Crippen molar-refractivity contribution in [3.05, 3.63) is 121 Å². The van der Waals surface area contributed by atoms with Gasteiger partial charge in [0.1, 0.15) is 0 Å². The molecule has 0 radical (unpaired) electrons. The van der Waals surface area contributed by atoms with Crippen LogP contribution < -0.4 is 10.6 Å². The molecule has 2 heterocycles. The van der Waals surface area contributed by atoms with Crippen molar-refractivity contribution in [1.29, 1.82) is 0 Å². The molecule has 2 aromatic rings. The predicted molar refractivity (Wildman–Crippen MR) is 99.1 cm³/mol. The minimum absolute atomic E-state index is 0.158. The van der Waals surface area contributed by atoms with Crippen molar-refractivity contribution >= 4 is 0 Å². The third kappa shape index (κ3) is 3.15. The monoisotopic (exact) mass is 507 g/mol. The van der Waals surface area contributed by atoms with Gasteiger partial charge in [-0.2, -0.15) is 0 Å². The predicted octanol–water partition coefficient (Wildman–Crippen LogP) is 4.12. The van der Waals surface area contributed by atoms with Gasteiger partial charge < -0.3 is 0 Å². The van der Waals surface area contributed by atoms with E-state index >= 15 is 0 Å².